The number of carboxylic acid groups (broad SMARTS) is 5. The molecule has 1 saturated heterocycles. The Hall–Kier alpha value is -2.89. The van der Waals surface area contributed by atoms with Crippen LogP contribution in [-0.4, -0.2) is 113 Å². The van der Waals surface area contributed by atoms with Crippen molar-refractivity contribution in [3.8, 4) is 0 Å². The zero-order valence-electron chi connectivity index (χ0n) is 21.7. The average Bonchev–Trinajstić information content (AvgIpc) is 2.86. The lowest BCUT2D eigenvalue weighted by Crippen LogP contribution is -2.61. The fourth-order valence-corrected chi connectivity index (χ4v) is 1.12. The SMILES string of the molecule is CCC(=O)O.CCC(=O)O.CCC(=O)O.CCC(=O)O.CCC(=O)O.N[C@@H]1[C@@H](O)[C@H](O)[C@@H](CO)O[C@H]1O. The predicted octanol–water partition coefficient (Wildman–Crippen LogP) is -0.850. The molecular formula is C21H43NO15. The highest BCUT2D eigenvalue weighted by Gasteiger charge is 2.41. The molecule has 0 aromatic carbocycles. The van der Waals surface area contributed by atoms with Gasteiger partial charge < -0.3 is 56.4 Å². The minimum absolute atomic E-state index is 0.222. The first kappa shape index (κ1) is 44.1. The third kappa shape index (κ3) is 37.8. The van der Waals surface area contributed by atoms with Crippen molar-refractivity contribution in [2.24, 2.45) is 5.73 Å². The van der Waals surface area contributed by atoms with Crippen molar-refractivity contribution >= 4 is 29.8 Å². The van der Waals surface area contributed by atoms with E-state index < -0.39 is 67.1 Å². The second-order valence-electron chi connectivity index (χ2n) is 6.54. The van der Waals surface area contributed by atoms with E-state index in [1.165, 1.54) is 0 Å². The van der Waals surface area contributed by atoms with Crippen LogP contribution in [0.3, 0.4) is 0 Å². The molecule has 0 aromatic rings. The van der Waals surface area contributed by atoms with Crippen LogP contribution in [0.15, 0.2) is 0 Å². The Kier molecular flexibility index (Phi) is 35.0. The number of hydrogen-bond acceptors (Lipinski definition) is 11. The molecule has 37 heavy (non-hydrogen) atoms. The first-order valence-electron chi connectivity index (χ1n) is 11.1. The molecule has 0 radical (unpaired) electrons. The maximum absolute atomic E-state index is 9.37. The number of hydrogen-bond donors (Lipinski definition) is 10. The molecule has 1 fully saturated rings. The monoisotopic (exact) mass is 549 g/mol. The molecular weight excluding hydrogens is 506 g/mol. The summed E-state index contributed by atoms with van der Waals surface area (Å²) in [6.07, 6.45) is -3.74. The molecule has 16 heteroatoms. The smallest absolute Gasteiger partial charge is 0.303 e. The van der Waals surface area contributed by atoms with Gasteiger partial charge in [0.15, 0.2) is 6.29 Å². The lowest BCUT2D eigenvalue weighted by molar-refractivity contribution is -0.248. The lowest BCUT2D eigenvalue weighted by atomic mass is 9.98. The average molecular weight is 550 g/mol. The third-order valence-corrected chi connectivity index (χ3v) is 3.46. The number of nitrogens with two attached hydrogens (primary N) is 1. The van der Waals surface area contributed by atoms with Crippen LogP contribution in [0.5, 0.6) is 0 Å². The van der Waals surface area contributed by atoms with Gasteiger partial charge in [-0.25, -0.2) is 0 Å². The van der Waals surface area contributed by atoms with Crippen LogP contribution >= 0.6 is 0 Å². The Morgan fingerprint density at radius 2 is 0.811 bits per heavy atom. The first-order chi connectivity index (χ1) is 16.9. The number of carbonyl (C=O) groups is 5. The van der Waals surface area contributed by atoms with Crippen LogP contribution in [0.25, 0.3) is 0 Å². The molecule has 5 atom stereocenters. The summed E-state index contributed by atoms with van der Waals surface area (Å²) in [6.45, 7) is 7.53. The molecule has 1 heterocycles. The number of rotatable bonds is 6. The fraction of sp³-hybridized carbons (Fsp3) is 0.762. The standard InChI is InChI=1S/C6H13NO5.5C3H6O2/c7-3-5(10)4(9)2(1-8)12-6(3)11;5*1-2-3(4)5/h2-6,8-11H,1,7H2;5*2H2,1H3,(H,4,5)/t2-,3-,4-,5-,6-;;;;;/m1...../s1. The molecule has 0 amide bonds. The molecule has 0 saturated carbocycles. The molecule has 0 aromatic heterocycles. The van der Waals surface area contributed by atoms with E-state index in [-0.39, 0.29) is 32.1 Å². The van der Waals surface area contributed by atoms with Crippen molar-refractivity contribution < 1.29 is 74.7 Å². The summed E-state index contributed by atoms with van der Waals surface area (Å²) in [4.78, 5) is 46.8. The summed E-state index contributed by atoms with van der Waals surface area (Å²) in [7, 11) is 0. The molecule has 16 nitrogen and oxygen atoms in total. The van der Waals surface area contributed by atoms with Crippen molar-refractivity contribution in [2.75, 3.05) is 6.61 Å². The first-order valence-corrected chi connectivity index (χ1v) is 11.1. The Bertz CT molecular complexity index is 529. The third-order valence-electron chi connectivity index (χ3n) is 3.46. The Labute approximate surface area is 214 Å². The van der Waals surface area contributed by atoms with Crippen LogP contribution in [0, 0.1) is 0 Å². The van der Waals surface area contributed by atoms with Gasteiger partial charge in [0.1, 0.15) is 18.3 Å². The maximum Gasteiger partial charge on any atom is 0.303 e. The van der Waals surface area contributed by atoms with E-state index in [4.69, 9.17) is 46.2 Å². The molecule has 1 aliphatic rings. The van der Waals surface area contributed by atoms with E-state index in [0.717, 1.165) is 0 Å². The summed E-state index contributed by atoms with van der Waals surface area (Å²) in [6, 6.07) is -1.04. The molecule has 11 N–H and O–H groups in total. The fourth-order valence-electron chi connectivity index (χ4n) is 1.12. The summed E-state index contributed by atoms with van der Waals surface area (Å²) in [5.41, 5.74) is 5.26. The quantitative estimate of drug-likeness (QED) is 0.193. The van der Waals surface area contributed by atoms with E-state index in [1.807, 2.05) is 0 Å². The van der Waals surface area contributed by atoms with Crippen LogP contribution in [-0.2, 0) is 28.7 Å². The van der Waals surface area contributed by atoms with Gasteiger partial charge in [-0.15, -0.1) is 0 Å². The van der Waals surface area contributed by atoms with E-state index in [0.29, 0.717) is 0 Å². The van der Waals surface area contributed by atoms with Gasteiger partial charge in [-0.1, -0.05) is 34.6 Å². The van der Waals surface area contributed by atoms with Gasteiger partial charge in [-0.2, -0.15) is 0 Å². The van der Waals surface area contributed by atoms with Crippen LogP contribution in [0.4, 0.5) is 0 Å². The number of ether oxygens (including phenoxy) is 1. The minimum atomic E-state index is -1.35. The predicted molar refractivity (Wildman–Crippen MR) is 128 cm³/mol. The van der Waals surface area contributed by atoms with Crippen molar-refractivity contribution in [3.05, 3.63) is 0 Å². The zero-order chi connectivity index (χ0) is 30.7. The van der Waals surface area contributed by atoms with Gasteiger partial charge in [0.2, 0.25) is 0 Å². The number of aliphatic hydroxyl groups is 4. The summed E-state index contributed by atoms with van der Waals surface area (Å²) in [5.74, 6) is -3.73. The second-order valence-corrected chi connectivity index (χ2v) is 6.54. The highest BCUT2D eigenvalue weighted by atomic mass is 16.6. The van der Waals surface area contributed by atoms with Gasteiger partial charge in [0.05, 0.1) is 12.6 Å². The van der Waals surface area contributed by atoms with Crippen LogP contribution in [0.2, 0.25) is 0 Å². The minimum Gasteiger partial charge on any atom is -0.481 e. The molecule has 1 aliphatic heterocycles. The van der Waals surface area contributed by atoms with Crippen molar-refractivity contribution in [3.63, 3.8) is 0 Å². The Balaban J connectivity index is -0.000000118. The molecule has 0 aliphatic carbocycles. The van der Waals surface area contributed by atoms with Crippen molar-refractivity contribution in [1.29, 1.82) is 0 Å². The number of aliphatic carboxylic acids is 5. The highest BCUT2D eigenvalue weighted by molar-refractivity contribution is 5.67. The summed E-state index contributed by atoms with van der Waals surface area (Å²) in [5, 5.41) is 74.7. The number of carboxylic acids is 5. The number of aliphatic hydroxyl groups excluding tert-OH is 4. The second kappa shape index (κ2) is 29.3. The molecule has 0 bridgehead atoms. The van der Waals surface area contributed by atoms with Gasteiger partial charge >= 0.3 is 29.8 Å². The topological polar surface area (TPSA) is 303 Å². The zero-order valence-corrected chi connectivity index (χ0v) is 21.7. The van der Waals surface area contributed by atoms with Crippen molar-refractivity contribution in [1.82, 2.24) is 0 Å². The molecule has 0 spiro atoms. The molecule has 0 unspecified atom stereocenters. The van der Waals surface area contributed by atoms with Gasteiger partial charge in [0.25, 0.3) is 0 Å². The van der Waals surface area contributed by atoms with E-state index in [1.54, 1.807) is 34.6 Å². The van der Waals surface area contributed by atoms with Gasteiger partial charge in [0, 0.05) is 32.1 Å². The van der Waals surface area contributed by atoms with Gasteiger partial charge in [-0.3, -0.25) is 24.0 Å². The van der Waals surface area contributed by atoms with E-state index in [2.05, 4.69) is 0 Å². The molecule has 1 rings (SSSR count). The summed E-state index contributed by atoms with van der Waals surface area (Å²) < 4.78 is 4.70. The van der Waals surface area contributed by atoms with E-state index in [9.17, 15) is 34.2 Å². The Morgan fingerprint density at radius 1 is 0.595 bits per heavy atom. The Morgan fingerprint density at radius 3 is 0.973 bits per heavy atom. The van der Waals surface area contributed by atoms with Crippen LogP contribution in [0.1, 0.15) is 66.7 Å². The summed E-state index contributed by atoms with van der Waals surface area (Å²) >= 11 is 0. The maximum atomic E-state index is 9.37. The van der Waals surface area contributed by atoms with Crippen molar-refractivity contribution in [2.45, 2.75) is 97.4 Å². The van der Waals surface area contributed by atoms with Crippen LogP contribution < -0.4 is 5.73 Å². The normalized spacial score (nSPS) is 21.0. The largest absolute Gasteiger partial charge is 0.481 e. The highest BCUT2D eigenvalue weighted by Crippen LogP contribution is 2.17. The lowest BCUT2D eigenvalue weighted by Gasteiger charge is -2.38. The molecule has 222 valence electrons. The van der Waals surface area contributed by atoms with E-state index >= 15 is 0 Å². The van der Waals surface area contributed by atoms with Gasteiger partial charge in [-0.05, 0) is 0 Å².